The third-order valence-electron chi connectivity index (χ3n) is 4.06. The highest BCUT2D eigenvalue weighted by molar-refractivity contribution is 5.66. The lowest BCUT2D eigenvalue weighted by atomic mass is 10.1. The molecule has 26 heavy (non-hydrogen) atoms. The van der Waals surface area contributed by atoms with Crippen molar-refractivity contribution in [1.29, 1.82) is 0 Å². The van der Waals surface area contributed by atoms with Crippen molar-refractivity contribution >= 4 is 0 Å². The summed E-state index contributed by atoms with van der Waals surface area (Å²) in [5.41, 5.74) is 7.34. The molecule has 4 aromatic heterocycles. The average Bonchev–Trinajstić information content (AvgIpc) is 2.68. The number of hydrogen-bond donors (Lipinski definition) is 0. The van der Waals surface area contributed by atoms with E-state index in [2.05, 4.69) is 35.9 Å². The molecule has 0 saturated carbocycles. The van der Waals surface area contributed by atoms with Gasteiger partial charge in [0.05, 0.1) is 34.2 Å². The van der Waals surface area contributed by atoms with Crippen LogP contribution in [-0.4, -0.2) is 19.9 Å². The predicted molar refractivity (Wildman–Crippen MR) is 103 cm³/mol. The summed E-state index contributed by atoms with van der Waals surface area (Å²) < 4.78 is 0. The summed E-state index contributed by atoms with van der Waals surface area (Å²) in [5, 5.41) is 0. The molecule has 126 valence electrons. The van der Waals surface area contributed by atoms with E-state index in [1.54, 1.807) is 12.4 Å². The maximum atomic E-state index is 4.80. The Balaban J connectivity index is 1.83. The zero-order valence-corrected chi connectivity index (χ0v) is 14.7. The number of hydrogen-bond acceptors (Lipinski definition) is 4. The van der Waals surface area contributed by atoms with E-state index in [1.165, 1.54) is 0 Å². The lowest BCUT2D eigenvalue weighted by Crippen LogP contribution is -1.96. The van der Waals surface area contributed by atoms with Crippen molar-refractivity contribution in [1.82, 2.24) is 19.9 Å². The topological polar surface area (TPSA) is 51.6 Å². The molecule has 4 heteroatoms. The van der Waals surface area contributed by atoms with Crippen molar-refractivity contribution < 1.29 is 0 Å². The van der Waals surface area contributed by atoms with Crippen LogP contribution in [0.2, 0.25) is 0 Å². The van der Waals surface area contributed by atoms with Gasteiger partial charge in [-0.15, -0.1) is 0 Å². The van der Waals surface area contributed by atoms with Crippen LogP contribution in [0, 0.1) is 13.8 Å². The first kappa shape index (κ1) is 16.1. The van der Waals surface area contributed by atoms with E-state index in [0.717, 1.165) is 45.3 Å². The number of pyridine rings is 4. The number of rotatable bonds is 3. The Kier molecular flexibility index (Phi) is 4.23. The van der Waals surface area contributed by atoms with Gasteiger partial charge < -0.3 is 0 Å². The van der Waals surface area contributed by atoms with Crippen LogP contribution in [0.15, 0.2) is 73.1 Å². The van der Waals surface area contributed by atoms with Gasteiger partial charge in [0.25, 0.3) is 0 Å². The fourth-order valence-corrected chi connectivity index (χ4v) is 2.89. The largest absolute Gasteiger partial charge is 0.255 e. The van der Waals surface area contributed by atoms with Gasteiger partial charge in [0, 0.05) is 12.4 Å². The van der Waals surface area contributed by atoms with E-state index >= 15 is 0 Å². The van der Waals surface area contributed by atoms with Crippen LogP contribution in [0.5, 0.6) is 0 Å². The molecule has 0 fully saturated rings. The van der Waals surface area contributed by atoms with Gasteiger partial charge in [-0.1, -0.05) is 12.1 Å². The Labute approximate surface area is 152 Å². The van der Waals surface area contributed by atoms with Gasteiger partial charge in [-0.05, 0) is 73.5 Å². The summed E-state index contributed by atoms with van der Waals surface area (Å²) >= 11 is 0. The second kappa shape index (κ2) is 6.84. The summed E-state index contributed by atoms with van der Waals surface area (Å²) in [7, 11) is 0. The van der Waals surface area contributed by atoms with Gasteiger partial charge >= 0.3 is 0 Å². The summed E-state index contributed by atoms with van der Waals surface area (Å²) in [6.07, 6.45) is 3.56. The summed E-state index contributed by atoms with van der Waals surface area (Å²) in [6.45, 7) is 4.13. The standard InChI is InChI=1S/C22H18N4/c1-15-11-19(17-7-3-5-9-23-17)25-21(13-15)22-14-16(2)12-20(26-22)18-8-4-6-10-24-18/h3-14H,1-2H3. The smallest absolute Gasteiger partial charge is 0.0897 e. The van der Waals surface area contributed by atoms with Crippen LogP contribution in [0.1, 0.15) is 11.1 Å². The number of aromatic nitrogens is 4. The molecule has 0 bridgehead atoms. The maximum absolute atomic E-state index is 4.80. The zero-order valence-electron chi connectivity index (χ0n) is 14.7. The molecule has 4 rings (SSSR count). The minimum atomic E-state index is 0.839. The minimum Gasteiger partial charge on any atom is -0.255 e. The minimum absolute atomic E-state index is 0.839. The van der Waals surface area contributed by atoms with Gasteiger partial charge in [-0.25, -0.2) is 9.97 Å². The van der Waals surface area contributed by atoms with Crippen molar-refractivity contribution in [2.75, 3.05) is 0 Å². The van der Waals surface area contributed by atoms with Crippen molar-refractivity contribution in [2.24, 2.45) is 0 Å². The molecular weight excluding hydrogens is 320 g/mol. The van der Waals surface area contributed by atoms with Gasteiger partial charge in [0.2, 0.25) is 0 Å². The number of aryl methyl sites for hydroxylation is 2. The fourth-order valence-electron chi connectivity index (χ4n) is 2.89. The molecule has 0 saturated heterocycles. The van der Waals surface area contributed by atoms with Crippen molar-refractivity contribution in [3.8, 4) is 34.2 Å². The Hall–Kier alpha value is -3.40. The predicted octanol–water partition coefficient (Wildman–Crippen LogP) is 4.88. The first-order valence-corrected chi connectivity index (χ1v) is 8.49. The molecule has 0 spiro atoms. The monoisotopic (exact) mass is 338 g/mol. The normalized spacial score (nSPS) is 10.7. The summed E-state index contributed by atoms with van der Waals surface area (Å²) in [4.78, 5) is 18.4. The Bertz CT molecular complexity index is 957. The summed E-state index contributed by atoms with van der Waals surface area (Å²) in [6, 6.07) is 19.9. The van der Waals surface area contributed by atoms with Crippen LogP contribution < -0.4 is 0 Å². The molecule has 0 aliphatic carbocycles. The Morgan fingerprint density at radius 3 is 1.23 bits per heavy atom. The second-order valence-electron chi connectivity index (χ2n) is 6.26. The van der Waals surface area contributed by atoms with Crippen LogP contribution >= 0.6 is 0 Å². The van der Waals surface area contributed by atoms with E-state index in [1.807, 2.05) is 48.5 Å². The zero-order chi connectivity index (χ0) is 17.9. The van der Waals surface area contributed by atoms with Crippen LogP contribution in [0.3, 0.4) is 0 Å². The van der Waals surface area contributed by atoms with E-state index in [0.29, 0.717) is 0 Å². The van der Waals surface area contributed by atoms with Crippen LogP contribution in [0.25, 0.3) is 34.2 Å². The highest BCUT2D eigenvalue weighted by atomic mass is 14.8. The van der Waals surface area contributed by atoms with Crippen LogP contribution in [-0.2, 0) is 0 Å². The third kappa shape index (κ3) is 3.35. The molecule has 0 aliphatic heterocycles. The molecule has 0 aliphatic rings. The van der Waals surface area contributed by atoms with Crippen molar-refractivity contribution in [3.63, 3.8) is 0 Å². The van der Waals surface area contributed by atoms with E-state index < -0.39 is 0 Å². The molecule has 0 atom stereocenters. The van der Waals surface area contributed by atoms with Gasteiger partial charge in [0.15, 0.2) is 0 Å². The molecule has 4 nitrogen and oxygen atoms in total. The maximum Gasteiger partial charge on any atom is 0.0897 e. The molecule has 0 radical (unpaired) electrons. The molecule has 4 aromatic rings. The lowest BCUT2D eigenvalue weighted by Gasteiger charge is -2.09. The van der Waals surface area contributed by atoms with Gasteiger partial charge in [-0.3, -0.25) is 9.97 Å². The second-order valence-corrected chi connectivity index (χ2v) is 6.26. The molecule has 0 unspecified atom stereocenters. The van der Waals surface area contributed by atoms with E-state index in [4.69, 9.17) is 9.97 Å². The van der Waals surface area contributed by atoms with Crippen molar-refractivity contribution in [2.45, 2.75) is 13.8 Å². The van der Waals surface area contributed by atoms with E-state index in [-0.39, 0.29) is 0 Å². The highest BCUT2D eigenvalue weighted by Crippen LogP contribution is 2.25. The molecule has 0 N–H and O–H groups in total. The van der Waals surface area contributed by atoms with Gasteiger partial charge in [0.1, 0.15) is 0 Å². The van der Waals surface area contributed by atoms with Crippen LogP contribution in [0.4, 0.5) is 0 Å². The highest BCUT2D eigenvalue weighted by Gasteiger charge is 2.10. The molecule has 4 heterocycles. The number of nitrogens with zero attached hydrogens (tertiary/aromatic N) is 4. The Morgan fingerprint density at radius 1 is 0.500 bits per heavy atom. The van der Waals surface area contributed by atoms with Gasteiger partial charge in [-0.2, -0.15) is 0 Å². The quantitative estimate of drug-likeness (QED) is 0.534. The fraction of sp³-hybridized carbons (Fsp3) is 0.0909. The third-order valence-corrected chi connectivity index (χ3v) is 4.06. The lowest BCUT2D eigenvalue weighted by molar-refractivity contribution is 1.18. The first-order chi connectivity index (χ1) is 12.7. The van der Waals surface area contributed by atoms with Crippen molar-refractivity contribution in [3.05, 3.63) is 84.2 Å². The van der Waals surface area contributed by atoms with E-state index in [9.17, 15) is 0 Å². The average molecular weight is 338 g/mol. The SMILES string of the molecule is Cc1cc(-c2ccccn2)nc(-c2cc(C)cc(-c3ccccn3)n2)c1. The molecular formula is C22H18N4. The summed E-state index contributed by atoms with van der Waals surface area (Å²) in [5.74, 6) is 0. The Morgan fingerprint density at radius 2 is 0.885 bits per heavy atom. The molecule has 0 amide bonds. The molecule has 0 aromatic carbocycles. The first-order valence-electron chi connectivity index (χ1n) is 8.49.